The average Bonchev–Trinajstić information content (AvgIpc) is 2.90. The van der Waals surface area contributed by atoms with Crippen LogP contribution in [-0.2, 0) is 19.7 Å². The topological polar surface area (TPSA) is 83.9 Å². The van der Waals surface area contributed by atoms with E-state index in [1.807, 2.05) is 44.3 Å². The fourth-order valence-corrected chi connectivity index (χ4v) is 5.01. The van der Waals surface area contributed by atoms with Crippen LogP contribution in [-0.4, -0.2) is 52.0 Å². The minimum absolute atomic E-state index is 0.0249. The molecule has 0 aliphatic carbocycles. The lowest BCUT2D eigenvalue weighted by Gasteiger charge is -2.49. The van der Waals surface area contributed by atoms with E-state index >= 15 is 0 Å². The molecule has 0 saturated carbocycles. The number of hydrogen-bond acceptors (Lipinski definition) is 5. The molecule has 0 spiro atoms. The number of nitrogens with one attached hydrogen (secondary N) is 1. The number of aromatic nitrogens is 1. The second kappa shape index (κ2) is 10.4. The van der Waals surface area contributed by atoms with Crippen molar-refractivity contribution in [3.8, 4) is 5.75 Å². The van der Waals surface area contributed by atoms with Crippen LogP contribution in [0.3, 0.4) is 0 Å². The van der Waals surface area contributed by atoms with Gasteiger partial charge in [-0.15, -0.1) is 0 Å². The van der Waals surface area contributed by atoms with Crippen molar-refractivity contribution in [2.45, 2.75) is 45.2 Å². The van der Waals surface area contributed by atoms with Gasteiger partial charge in [-0.2, -0.15) is 0 Å². The number of pyridine rings is 1. The summed E-state index contributed by atoms with van der Waals surface area (Å²) in [6.07, 6.45) is 1.92. The van der Waals surface area contributed by atoms with Crippen molar-refractivity contribution in [2.24, 2.45) is 0 Å². The fraction of sp³-hybridized carbons (Fsp3) is 0.321. The molecule has 0 radical (unpaired) electrons. The van der Waals surface area contributed by atoms with Gasteiger partial charge in [-0.3, -0.25) is 19.3 Å². The van der Waals surface area contributed by atoms with Crippen LogP contribution >= 0.6 is 0 Å². The van der Waals surface area contributed by atoms with E-state index in [2.05, 4.69) is 10.2 Å². The van der Waals surface area contributed by atoms with Gasteiger partial charge in [0.15, 0.2) is 11.4 Å². The van der Waals surface area contributed by atoms with Crippen molar-refractivity contribution in [2.75, 3.05) is 13.6 Å². The first-order valence-electron chi connectivity index (χ1n) is 12.4. The van der Waals surface area contributed by atoms with Gasteiger partial charge in [0.1, 0.15) is 30.0 Å². The van der Waals surface area contributed by atoms with Gasteiger partial charge >= 0.3 is 0 Å². The summed E-state index contributed by atoms with van der Waals surface area (Å²) in [5.41, 5.74) is 0.00753. The van der Waals surface area contributed by atoms with Crippen molar-refractivity contribution in [1.82, 2.24) is 19.7 Å². The van der Waals surface area contributed by atoms with E-state index in [-0.39, 0.29) is 53.8 Å². The molecule has 3 heterocycles. The molecule has 1 N–H and O–H groups in total. The molecular formula is C28H28F2N4O4. The molecule has 2 amide bonds. The van der Waals surface area contributed by atoms with Crippen LogP contribution in [0.1, 0.15) is 45.3 Å². The van der Waals surface area contributed by atoms with E-state index in [9.17, 15) is 23.2 Å². The first-order chi connectivity index (χ1) is 18.2. The highest BCUT2D eigenvalue weighted by Gasteiger charge is 2.42. The van der Waals surface area contributed by atoms with E-state index < -0.39 is 23.0 Å². The van der Waals surface area contributed by atoms with Gasteiger partial charge in [-0.25, -0.2) is 8.78 Å². The number of carbonyl (C=O) groups excluding carboxylic acids is 2. The third-order valence-corrected chi connectivity index (χ3v) is 7.16. The number of carbonyl (C=O) groups is 2. The number of benzene rings is 2. The Morgan fingerprint density at radius 3 is 2.63 bits per heavy atom. The van der Waals surface area contributed by atoms with Crippen molar-refractivity contribution in [1.29, 1.82) is 0 Å². The molecule has 1 fully saturated rings. The molecule has 2 aliphatic rings. The molecule has 10 heteroatoms. The Balaban J connectivity index is 1.52. The minimum atomic E-state index is -0.806. The van der Waals surface area contributed by atoms with Crippen LogP contribution < -0.4 is 15.5 Å². The molecule has 5 rings (SSSR count). The standard InChI is InChI=1S/C28H28F2N4O4/c1-17-10-11-32(2)23-15-33-14-21(27(36)31-13-19-8-9-20(29)12-22(19)30)25(35)26(24(33)28(37)34(17)23)38-16-18-6-4-3-5-7-18/h3-9,12,14,17,23H,10-11,13,15-16H2,1-2H3,(H,31,36). The van der Waals surface area contributed by atoms with Crippen LogP contribution in [0.25, 0.3) is 0 Å². The smallest absolute Gasteiger partial charge is 0.276 e. The maximum atomic E-state index is 14.1. The number of halogens is 2. The van der Waals surface area contributed by atoms with Crippen molar-refractivity contribution < 1.29 is 23.1 Å². The first kappa shape index (κ1) is 25.6. The average molecular weight is 523 g/mol. The molecule has 2 unspecified atom stereocenters. The lowest BCUT2D eigenvalue weighted by molar-refractivity contribution is -0.0211. The zero-order valence-corrected chi connectivity index (χ0v) is 21.1. The van der Waals surface area contributed by atoms with E-state index in [1.165, 1.54) is 12.3 Å². The quantitative estimate of drug-likeness (QED) is 0.538. The van der Waals surface area contributed by atoms with Crippen LogP contribution in [0.15, 0.2) is 59.5 Å². The number of ether oxygens (including phenoxy) is 1. The number of amides is 2. The highest BCUT2D eigenvalue weighted by molar-refractivity contribution is 5.99. The SMILES string of the molecule is CC1CCN(C)C2Cn3cc(C(=O)NCc4ccc(F)cc4F)c(=O)c(OCc4ccccc4)c3C(=O)N12. The molecular weight excluding hydrogens is 494 g/mol. The molecule has 2 aromatic carbocycles. The van der Waals surface area contributed by atoms with Gasteiger partial charge in [0.25, 0.3) is 11.8 Å². The Kier molecular flexibility index (Phi) is 6.98. The van der Waals surface area contributed by atoms with Crippen LogP contribution in [0.2, 0.25) is 0 Å². The molecule has 2 aliphatic heterocycles. The van der Waals surface area contributed by atoms with Gasteiger partial charge < -0.3 is 19.5 Å². The maximum Gasteiger partial charge on any atom is 0.276 e. The van der Waals surface area contributed by atoms with Crippen molar-refractivity contribution >= 4 is 11.8 Å². The summed E-state index contributed by atoms with van der Waals surface area (Å²) in [7, 11) is 1.93. The monoisotopic (exact) mass is 522 g/mol. The van der Waals surface area contributed by atoms with E-state index in [4.69, 9.17) is 4.74 Å². The molecule has 8 nitrogen and oxygen atoms in total. The predicted octanol–water partition coefficient (Wildman–Crippen LogP) is 3.14. The number of nitrogens with zero attached hydrogens (tertiary/aromatic N) is 3. The lowest BCUT2D eigenvalue weighted by Crippen LogP contribution is -2.62. The van der Waals surface area contributed by atoms with Crippen LogP contribution in [0.4, 0.5) is 8.78 Å². The molecule has 1 aromatic heterocycles. The Morgan fingerprint density at radius 2 is 1.89 bits per heavy atom. The number of hydrogen-bond donors (Lipinski definition) is 1. The largest absolute Gasteiger partial charge is 0.483 e. The van der Waals surface area contributed by atoms with E-state index in [0.29, 0.717) is 6.54 Å². The Labute approximate surface area is 218 Å². The van der Waals surface area contributed by atoms with E-state index in [0.717, 1.165) is 30.7 Å². The van der Waals surface area contributed by atoms with Crippen LogP contribution in [0.5, 0.6) is 5.75 Å². The highest BCUT2D eigenvalue weighted by atomic mass is 19.1. The summed E-state index contributed by atoms with van der Waals surface area (Å²) in [5, 5.41) is 2.53. The Bertz CT molecular complexity index is 1440. The normalized spacial score (nSPS) is 19.1. The second-order valence-electron chi connectivity index (χ2n) is 9.71. The van der Waals surface area contributed by atoms with Gasteiger partial charge in [0.05, 0.1) is 6.54 Å². The minimum Gasteiger partial charge on any atom is -0.483 e. The zero-order valence-electron chi connectivity index (χ0n) is 21.1. The van der Waals surface area contributed by atoms with Crippen molar-refractivity contribution in [3.05, 3.63) is 99.0 Å². The molecule has 198 valence electrons. The third-order valence-electron chi connectivity index (χ3n) is 7.16. The summed E-state index contributed by atoms with van der Waals surface area (Å²) < 4.78 is 34.9. The highest BCUT2D eigenvalue weighted by Crippen LogP contribution is 2.31. The summed E-state index contributed by atoms with van der Waals surface area (Å²) in [6, 6.07) is 12.2. The Morgan fingerprint density at radius 1 is 1.13 bits per heavy atom. The molecule has 1 saturated heterocycles. The molecule has 2 atom stereocenters. The predicted molar refractivity (Wildman–Crippen MR) is 136 cm³/mol. The molecule has 0 bridgehead atoms. The molecule has 3 aromatic rings. The summed E-state index contributed by atoms with van der Waals surface area (Å²) in [5.74, 6) is -2.82. The third kappa shape index (κ3) is 4.79. The fourth-order valence-electron chi connectivity index (χ4n) is 5.01. The lowest BCUT2D eigenvalue weighted by atomic mass is 10.0. The van der Waals surface area contributed by atoms with E-state index in [1.54, 1.807) is 9.47 Å². The number of fused-ring (bicyclic) bond motifs is 2. The number of rotatable bonds is 6. The van der Waals surface area contributed by atoms with Gasteiger partial charge in [-0.05, 0) is 32.0 Å². The summed E-state index contributed by atoms with van der Waals surface area (Å²) in [6.45, 7) is 2.91. The number of likely N-dealkylation sites (N-methyl/N-ethyl adjacent to an activating group) is 1. The summed E-state index contributed by atoms with van der Waals surface area (Å²) >= 11 is 0. The van der Waals surface area contributed by atoms with Gasteiger partial charge in [0, 0.05) is 37.0 Å². The Hall–Kier alpha value is -4.05. The maximum absolute atomic E-state index is 14.1. The molecule has 38 heavy (non-hydrogen) atoms. The summed E-state index contributed by atoms with van der Waals surface area (Å²) in [4.78, 5) is 44.3. The second-order valence-corrected chi connectivity index (χ2v) is 9.71. The zero-order chi connectivity index (χ0) is 27.0. The van der Waals surface area contributed by atoms with Gasteiger partial charge in [-0.1, -0.05) is 36.4 Å². The van der Waals surface area contributed by atoms with Crippen molar-refractivity contribution in [3.63, 3.8) is 0 Å². The first-order valence-corrected chi connectivity index (χ1v) is 12.4. The van der Waals surface area contributed by atoms with Gasteiger partial charge in [0.2, 0.25) is 5.43 Å². The van der Waals surface area contributed by atoms with Crippen LogP contribution in [0, 0.1) is 11.6 Å².